The lowest BCUT2D eigenvalue weighted by Crippen LogP contribution is -1.99. The van der Waals surface area contributed by atoms with E-state index in [4.69, 9.17) is 0 Å². The number of hydrogen-bond acceptors (Lipinski definition) is 1. The summed E-state index contributed by atoms with van der Waals surface area (Å²) >= 11 is 0. The maximum atomic E-state index is 4.39. The van der Waals surface area contributed by atoms with E-state index in [0.29, 0.717) is 0 Å². The molecule has 2 aromatic heterocycles. The van der Waals surface area contributed by atoms with Crippen molar-refractivity contribution in [2.75, 3.05) is 0 Å². The summed E-state index contributed by atoms with van der Waals surface area (Å²) in [6, 6.07) is 10.7. The van der Waals surface area contributed by atoms with Crippen LogP contribution in [0.5, 0.6) is 0 Å². The molecular formula is C16H17N3. The minimum absolute atomic E-state index is 0.740. The van der Waals surface area contributed by atoms with Crippen LogP contribution < -0.4 is 0 Å². The topological polar surface area (TPSA) is 22.8 Å². The molecule has 0 N–H and O–H groups in total. The molecule has 96 valence electrons. The first-order valence-electron chi connectivity index (χ1n) is 6.42. The number of benzene rings is 1. The quantitative estimate of drug-likeness (QED) is 0.652. The van der Waals surface area contributed by atoms with Crippen LogP contribution in [0, 0.1) is 13.8 Å². The molecule has 1 aromatic carbocycles. The highest BCUT2D eigenvalue weighted by Crippen LogP contribution is 2.21. The van der Waals surface area contributed by atoms with Crippen LogP contribution in [0.3, 0.4) is 0 Å². The fraction of sp³-hybridized carbons (Fsp3) is 0.188. The Bertz CT molecular complexity index is 727. The van der Waals surface area contributed by atoms with Crippen molar-refractivity contribution < 1.29 is 0 Å². The minimum Gasteiger partial charge on any atom is -0.318 e. The van der Waals surface area contributed by atoms with Gasteiger partial charge >= 0.3 is 0 Å². The lowest BCUT2D eigenvalue weighted by Gasteiger charge is -2.09. The van der Waals surface area contributed by atoms with Gasteiger partial charge in [-0.3, -0.25) is 4.68 Å². The third kappa shape index (κ3) is 1.87. The molecule has 3 nitrogen and oxygen atoms in total. The predicted molar refractivity (Wildman–Crippen MR) is 78.7 cm³/mol. The summed E-state index contributed by atoms with van der Waals surface area (Å²) in [5, 5.41) is 5.55. The molecule has 0 aliphatic rings. The normalized spacial score (nSPS) is 11.1. The van der Waals surface area contributed by atoms with Crippen LogP contribution in [0.25, 0.3) is 16.6 Å². The van der Waals surface area contributed by atoms with Crippen LogP contribution in [0.4, 0.5) is 0 Å². The second kappa shape index (κ2) is 4.43. The Morgan fingerprint density at radius 3 is 2.58 bits per heavy atom. The fourth-order valence-corrected chi connectivity index (χ4v) is 2.56. The fourth-order valence-electron chi connectivity index (χ4n) is 2.56. The lowest BCUT2D eigenvalue weighted by molar-refractivity contribution is 0.729. The molecule has 3 heteroatoms. The van der Waals surface area contributed by atoms with Crippen molar-refractivity contribution in [2.24, 2.45) is 0 Å². The molecule has 0 amide bonds. The van der Waals surface area contributed by atoms with Gasteiger partial charge in [-0.05, 0) is 44.2 Å². The van der Waals surface area contributed by atoms with Gasteiger partial charge in [0.25, 0.3) is 0 Å². The average Bonchev–Trinajstić information content (AvgIpc) is 2.94. The highest BCUT2D eigenvalue weighted by molar-refractivity contribution is 5.81. The lowest BCUT2D eigenvalue weighted by atomic mass is 10.2. The Labute approximate surface area is 112 Å². The van der Waals surface area contributed by atoms with Crippen molar-refractivity contribution in [3.63, 3.8) is 0 Å². The van der Waals surface area contributed by atoms with Gasteiger partial charge in [0.1, 0.15) is 0 Å². The number of aromatic nitrogens is 3. The average molecular weight is 251 g/mol. The SMILES string of the molecule is C=CCn1ncc2cc(-n3c(C)ccc3C)ccc21. The maximum Gasteiger partial charge on any atom is 0.0687 e. The monoisotopic (exact) mass is 251 g/mol. The zero-order chi connectivity index (χ0) is 13.4. The summed E-state index contributed by atoms with van der Waals surface area (Å²) in [6.07, 6.45) is 3.77. The summed E-state index contributed by atoms with van der Waals surface area (Å²) in [6.45, 7) is 8.75. The molecule has 0 spiro atoms. The van der Waals surface area contributed by atoms with E-state index in [2.05, 4.69) is 60.4 Å². The Kier molecular flexibility index (Phi) is 2.75. The van der Waals surface area contributed by atoms with Gasteiger partial charge in [0, 0.05) is 22.5 Å². The Morgan fingerprint density at radius 1 is 1.16 bits per heavy atom. The summed E-state index contributed by atoms with van der Waals surface area (Å²) in [4.78, 5) is 0. The molecule has 0 fully saturated rings. The molecule has 2 heterocycles. The smallest absolute Gasteiger partial charge is 0.0687 e. The molecule has 0 atom stereocenters. The molecule has 0 unspecified atom stereocenters. The molecule has 0 saturated carbocycles. The number of aryl methyl sites for hydroxylation is 2. The van der Waals surface area contributed by atoms with Crippen LogP contribution in [0.15, 0.2) is 49.2 Å². The van der Waals surface area contributed by atoms with E-state index in [1.54, 1.807) is 0 Å². The van der Waals surface area contributed by atoms with Crippen LogP contribution in [0.1, 0.15) is 11.4 Å². The first-order valence-corrected chi connectivity index (χ1v) is 6.42. The summed E-state index contributed by atoms with van der Waals surface area (Å²) in [5.74, 6) is 0. The predicted octanol–water partition coefficient (Wildman–Crippen LogP) is 3.63. The largest absolute Gasteiger partial charge is 0.318 e. The van der Waals surface area contributed by atoms with Gasteiger partial charge < -0.3 is 4.57 Å². The highest BCUT2D eigenvalue weighted by atomic mass is 15.3. The standard InChI is InChI=1S/C16H17N3/c1-4-9-18-16-8-7-15(10-14(16)11-17-18)19-12(2)5-6-13(19)3/h4-8,10-11H,1,9H2,2-3H3. The molecule has 0 bridgehead atoms. The van der Waals surface area contributed by atoms with Gasteiger partial charge in [0.15, 0.2) is 0 Å². The van der Waals surface area contributed by atoms with Crippen molar-refractivity contribution in [3.05, 3.63) is 60.6 Å². The van der Waals surface area contributed by atoms with Crippen molar-refractivity contribution >= 4 is 10.9 Å². The van der Waals surface area contributed by atoms with E-state index < -0.39 is 0 Å². The zero-order valence-corrected chi connectivity index (χ0v) is 11.3. The molecule has 3 rings (SSSR count). The number of allylic oxidation sites excluding steroid dienone is 1. The van der Waals surface area contributed by atoms with Gasteiger partial charge in [0.2, 0.25) is 0 Å². The first-order chi connectivity index (χ1) is 9.20. The molecule has 0 saturated heterocycles. The van der Waals surface area contributed by atoms with Crippen molar-refractivity contribution in [1.29, 1.82) is 0 Å². The van der Waals surface area contributed by atoms with E-state index in [1.807, 2.05) is 17.0 Å². The second-order valence-corrected chi connectivity index (χ2v) is 4.81. The number of hydrogen-bond donors (Lipinski definition) is 0. The van der Waals surface area contributed by atoms with Gasteiger partial charge in [-0.25, -0.2) is 0 Å². The van der Waals surface area contributed by atoms with Crippen LogP contribution in [-0.2, 0) is 6.54 Å². The zero-order valence-electron chi connectivity index (χ0n) is 11.3. The van der Waals surface area contributed by atoms with Crippen molar-refractivity contribution in [1.82, 2.24) is 14.3 Å². The van der Waals surface area contributed by atoms with Gasteiger partial charge in [-0.15, -0.1) is 6.58 Å². The van der Waals surface area contributed by atoms with Gasteiger partial charge in [-0.2, -0.15) is 5.10 Å². The molecular weight excluding hydrogens is 234 g/mol. The molecule has 0 aliphatic carbocycles. The van der Waals surface area contributed by atoms with E-state index >= 15 is 0 Å². The molecule has 19 heavy (non-hydrogen) atoms. The first kappa shape index (κ1) is 11.8. The van der Waals surface area contributed by atoms with E-state index in [1.165, 1.54) is 17.1 Å². The summed E-state index contributed by atoms with van der Waals surface area (Å²) in [7, 11) is 0. The Balaban J connectivity index is 2.15. The number of nitrogens with zero attached hydrogens (tertiary/aromatic N) is 3. The number of fused-ring (bicyclic) bond motifs is 1. The molecule has 0 radical (unpaired) electrons. The molecule has 3 aromatic rings. The van der Waals surface area contributed by atoms with Crippen LogP contribution >= 0.6 is 0 Å². The van der Waals surface area contributed by atoms with Crippen molar-refractivity contribution in [2.45, 2.75) is 20.4 Å². The van der Waals surface area contributed by atoms with Gasteiger partial charge in [-0.1, -0.05) is 6.08 Å². The van der Waals surface area contributed by atoms with E-state index in [9.17, 15) is 0 Å². The second-order valence-electron chi connectivity index (χ2n) is 4.81. The van der Waals surface area contributed by atoms with Crippen LogP contribution in [-0.4, -0.2) is 14.3 Å². The Hall–Kier alpha value is -2.29. The third-order valence-electron chi connectivity index (χ3n) is 3.46. The number of rotatable bonds is 3. The Morgan fingerprint density at radius 2 is 1.89 bits per heavy atom. The van der Waals surface area contributed by atoms with Gasteiger partial charge in [0.05, 0.1) is 18.3 Å². The maximum absolute atomic E-state index is 4.39. The highest BCUT2D eigenvalue weighted by Gasteiger charge is 2.07. The summed E-state index contributed by atoms with van der Waals surface area (Å²) < 4.78 is 4.21. The molecule has 0 aliphatic heterocycles. The third-order valence-corrected chi connectivity index (χ3v) is 3.46. The minimum atomic E-state index is 0.740. The summed E-state index contributed by atoms with van der Waals surface area (Å²) in [5.41, 5.74) is 4.82. The van der Waals surface area contributed by atoms with E-state index in [0.717, 1.165) is 17.4 Å². The van der Waals surface area contributed by atoms with E-state index in [-0.39, 0.29) is 0 Å². The van der Waals surface area contributed by atoms with Crippen LogP contribution in [0.2, 0.25) is 0 Å². The van der Waals surface area contributed by atoms with Crippen molar-refractivity contribution in [3.8, 4) is 5.69 Å².